The fourth-order valence-corrected chi connectivity index (χ4v) is 5.69. The van der Waals surface area contributed by atoms with Gasteiger partial charge >= 0.3 is 6.15 Å². The van der Waals surface area contributed by atoms with E-state index in [0.29, 0.717) is 22.6 Å². The van der Waals surface area contributed by atoms with E-state index in [1.54, 1.807) is 74.6 Å². The van der Waals surface area contributed by atoms with Crippen molar-refractivity contribution in [2.45, 2.75) is 41.5 Å². The van der Waals surface area contributed by atoms with E-state index < -0.39 is 0 Å². The molecule has 1 aromatic heterocycles. The van der Waals surface area contributed by atoms with Crippen molar-refractivity contribution >= 4 is 72.4 Å². The Morgan fingerprint density at radius 2 is 1.07 bits per heavy atom. The van der Waals surface area contributed by atoms with Crippen molar-refractivity contribution in [1.82, 2.24) is 0 Å². The van der Waals surface area contributed by atoms with E-state index in [1.165, 1.54) is 36.2 Å². The highest BCUT2D eigenvalue weighted by atomic mass is 79.9. The number of carbonyl (C=O) groups is 5. The molecule has 0 unspecified atom stereocenters. The first-order valence-electron chi connectivity index (χ1n) is 17.1. The van der Waals surface area contributed by atoms with Gasteiger partial charge in [-0.15, -0.1) is 11.3 Å². The minimum Gasteiger partial charge on any atom is -0.508 e. The van der Waals surface area contributed by atoms with Gasteiger partial charge in [-0.05, 0) is 102 Å². The summed E-state index contributed by atoms with van der Waals surface area (Å²) in [6.07, 6.45) is 0.250. The molecule has 12 heteroatoms. The standard InChI is InChI=1S/C10H8OS.C9H8O3.C9H10O.C8H7BrO.C8H8O2.CO2/c1-7(11)10-6-8-4-2-3-5-9(8)12-10;1-6(10)7-2-3-8-9(4-7)12-5-11-8;1-7-3-5-9(6-4-7)8(2)10;1-6(10)7-2-4-8(9)5-3-7;1-6(9)7-3-2-4-8(10)5-7;2-1-3/h2-6H,1H3;2-4H,5H2,1H3;3-6H,1-2H3;2-5H,1H3;2-5,10H,1H3;. The zero-order valence-corrected chi connectivity index (χ0v) is 34.6. The number of hydrogen-bond acceptors (Lipinski definition) is 11. The first-order valence-corrected chi connectivity index (χ1v) is 18.7. The number of carbonyl (C=O) groups excluding carboxylic acids is 7. The molecular weight excluding hydrogens is 812 g/mol. The molecule has 1 aliphatic heterocycles. The van der Waals surface area contributed by atoms with Gasteiger partial charge in [-0.1, -0.05) is 88.2 Å². The molecule has 0 aliphatic carbocycles. The molecule has 57 heavy (non-hydrogen) atoms. The molecule has 10 nitrogen and oxygen atoms in total. The van der Waals surface area contributed by atoms with Crippen molar-refractivity contribution in [2.24, 2.45) is 0 Å². The summed E-state index contributed by atoms with van der Waals surface area (Å²) in [5.41, 5.74) is 3.91. The maximum atomic E-state index is 11.0. The summed E-state index contributed by atoms with van der Waals surface area (Å²) in [6.45, 7) is 9.98. The van der Waals surface area contributed by atoms with Gasteiger partial charge in [0, 0.05) is 31.4 Å². The summed E-state index contributed by atoms with van der Waals surface area (Å²) >= 11 is 4.84. The van der Waals surface area contributed by atoms with Gasteiger partial charge in [0.15, 0.2) is 40.4 Å². The molecule has 6 aromatic rings. The Morgan fingerprint density at radius 1 is 0.579 bits per heavy atom. The lowest BCUT2D eigenvalue weighted by Gasteiger charge is -1.97. The molecular formula is C45H41BrO10S. The molecule has 5 aromatic carbocycles. The monoisotopic (exact) mass is 852 g/mol. The van der Waals surface area contributed by atoms with Crippen LogP contribution in [0.4, 0.5) is 0 Å². The van der Waals surface area contributed by atoms with Gasteiger partial charge in [-0.3, -0.25) is 24.0 Å². The number of benzene rings is 5. The maximum Gasteiger partial charge on any atom is 0.373 e. The molecule has 1 N–H and O–H groups in total. The van der Waals surface area contributed by atoms with Crippen LogP contribution in [0.5, 0.6) is 17.2 Å². The largest absolute Gasteiger partial charge is 0.508 e. The molecule has 2 heterocycles. The summed E-state index contributed by atoms with van der Waals surface area (Å²) in [5, 5.41) is 10.1. The Morgan fingerprint density at radius 3 is 1.56 bits per heavy atom. The zero-order chi connectivity index (χ0) is 42.5. The molecule has 0 radical (unpaired) electrons. The van der Waals surface area contributed by atoms with Crippen LogP contribution in [0.15, 0.2) is 126 Å². The molecule has 0 fully saturated rings. The van der Waals surface area contributed by atoms with Crippen molar-refractivity contribution in [2.75, 3.05) is 6.79 Å². The summed E-state index contributed by atoms with van der Waals surface area (Å²) in [4.78, 5) is 71.3. The average Bonchev–Trinajstić information content (AvgIpc) is 3.84. The number of Topliss-reactive ketones (excluding diaryl/α,β-unsaturated/α-hetero) is 5. The van der Waals surface area contributed by atoms with Crippen LogP contribution < -0.4 is 9.47 Å². The second kappa shape index (κ2) is 24.2. The van der Waals surface area contributed by atoms with E-state index in [9.17, 15) is 24.0 Å². The summed E-state index contributed by atoms with van der Waals surface area (Å²) < 4.78 is 12.4. The molecule has 0 saturated carbocycles. The minimum atomic E-state index is -0.0316. The Balaban J connectivity index is 0.000000242. The lowest BCUT2D eigenvalue weighted by Crippen LogP contribution is -1.93. The highest BCUT2D eigenvalue weighted by molar-refractivity contribution is 9.10. The van der Waals surface area contributed by atoms with Gasteiger partial charge in [0.1, 0.15) is 5.75 Å². The molecule has 0 spiro atoms. The molecule has 294 valence electrons. The summed E-state index contributed by atoms with van der Waals surface area (Å²) in [6, 6.07) is 36.3. The number of ether oxygens (including phenoxy) is 2. The van der Waals surface area contributed by atoms with Crippen molar-refractivity contribution in [1.29, 1.82) is 0 Å². The average molecular weight is 854 g/mol. The van der Waals surface area contributed by atoms with Gasteiger partial charge in [0.2, 0.25) is 6.79 Å². The van der Waals surface area contributed by atoms with Crippen molar-refractivity contribution in [3.63, 3.8) is 0 Å². The smallest absolute Gasteiger partial charge is 0.373 e. The van der Waals surface area contributed by atoms with Gasteiger partial charge in [0.25, 0.3) is 0 Å². The predicted molar refractivity (Wildman–Crippen MR) is 223 cm³/mol. The molecule has 0 saturated heterocycles. The Bertz CT molecular complexity index is 2230. The normalized spacial score (nSPS) is 10.0. The quantitative estimate of drug-likeness (QED) is 0.165. The van der Waals surface area contributed by atoms with Crippen LogP contribution in [0.2, 0.25) is 0 Å². The number of aromatic hydroxyl groups is 1. The number of aryl methyl sites for hydroxylation is 1. The Labute approximate surface area is 343 Å². The second-order valence-electron chi connectivity index (χ2n) is 12.0. The van der Waals surface area contributed by atoms with Crippen LogP contribution in [0.3, 0.4) is 0 Å². The summed E-state index contributed by atoms with van der Waals surface area (Å²) in [7, 11) is 0. The lowest BCUT2D eigenvalue weighted by molar-refractivity contribution is -0.191. The number of thiophene rings is 1. The van der Waals surface area contributed by atoms with Crippen molar-refractivity contribution in [3.05, 3.63) is 158 Å². The van der Waals surface area contributed by atoms with Gasteiger partial charge < -0.3 is 14.6 Å². The van der Waals surface area contributed by atoms with Gasteiger partial charge in [-0.25, -0.2) is 0 Å². The van der Waals surface area contributed by atoms with Crippen molar-refractivity contribution < 1.29 is 48.1 Å². The fourth-order valence-electron chi connectivity index (χ4n) is 4.47. The van der Waals surface area contributed by atoms with Gasteiger partial charge in [0.05, 0.1) is 4.88 Å². The number of rotatable bonds is 5. The van der Waals surface area contributed by atoms with E-state index in [1.807, 2.05) is 73.7 Å². The third kappa shape index (κ3) is 16.9. The van der Waals surface area contributed by atoms with Crippen LogP contribution in [0.25, 0.3) is 10.1 Å². The van der Waals surface area contributed by atoms with Crippen LogP contribution >= 0.6 is 27.3 Å². The third-order valence-electron chi connectivity index (χ3n) is 7.51. The fraction of sp³-hybridized carbons (Fsp3) is 0.156. The SMILES string of the molecule is CC(=O)c1cc2ccccc2s1.CC(=O)c1ccc(Br)cc1.CC(=O)c1ccc(C)cc1.CC(=O)c1ccc2c(c1)OCO2.CC(=O)c1cccc(O)c1.O=C=O. The number of ketones is 5. The Kier molecular flexibility index (Phi) is 19.9. The molecule has 0 amide bonds. The second-order valence-corrected chi connectivity index (χ2v) is 14.0. The number of phenolic OH excluding ortho intramolecular Hbond substituents is 1. The number of phenols is 1. The van der Waals surface area contributed by atoms with E-state index in [4.69, 9.17) is 24.2 Å². The number of hydrogen-bond donors (Lipinski definition) is 1. The van der Waals surface area contributed by atoms with E-state index in [2.05, 4.69) is 15.9 Å². The zero-order valence-electron chi connectivity index (χ0n) is 32.2. The molecule has 1 aliphatic rings. The van der Waals surface area contributed by atoms with Crippen molar-refractivity contribution in [3.8, 4) is 17.2 Å². The first kappa shape index (κ1) is 46.8. The maximum absolute atomic E-state index is 11.0. The number of fused-ring (bicyclic) bond motifs is 2. The van der Waals surface area contributed by atoms with E-state index in [0.717, 1.165) is 25.9 Å². The van der Waals surface area contributed by atoms with Crippen LogP contribution in [-0.2, 0) is 9.59 Å². The first-order chi connectivity index (χ1) is 27.1. The van der Waals surface area contributed by atoms with Crippen LogP contribution in [-0.4, -0.2) is 47.0 Å². The third-order valence-corrected chi connectivity index (χ3v) is 9.26. The van der Waals surface area contributed by atoms with Gasteiger partial charge in [-0.2, -0.15) is 9.59 Å². The van der Waals surface area contributed by atoms with E-state index in [-0.39, 0.29) is 47.6 Å². The molecule has 0 atom stereocenters. The minimum absolute atomic E-state index is 0.0316. The summed E-state index contributed by atoms with van der Waals surface area (Å²) in [5.74, 6) is 1.88. The highest BCUT2D eigenvalue weighted by Gasteiger charge is 2.14. The predicted octanol–water partition coefficient (Wildman–Crippen LogP) is 10.6. The number of halogens is 1. The van der Waals surface area contributed by atoms with Crippen LogP contribution in [0.1, 0.15) is 91.3 Å². The molecule has 0 bridgehead atoms. The molecule has 7 rings (SSSR count). The lowest BCUT2D eigenvalue weighted by atomic mass is 10.1. The van der Waals surface area contributed by atoms with Crippen LogP contribution in [0, 0.1) is 6.92 Å². The Hall–Kier alpha value is -6.33. The topological polar surface area (TPSA) is 158 Å². The van der Waals surface area contributed by atoms with E-state index >= 15 is 0 Å². The highest BCUT2D eigenvalue weighted by Crippen LogP contribution is 2.32.